The second-order valence-electron chi connectivity index (χ2n) is 6.53. The Morgan fingerprint density at radius 3 is 2.14 bits per heavy atom. The van der Waals surface area contributed by atoms with Crippen molar-refractivity contribution in [3.05, 3.63) is 29.6 Å². The fraction of sp³-hybridized carbons (Fsp3) is 0.533. The van der Waals surface area contributed by atoms with Crippen LogP contribution in [-0.2, 0) is 9.31 Å². The maximum absolute atomic E-state index is 13.8. The molecule has 4 nitrogen and oxygen atoms in total. The van der Waals surface area contributed by atoms with Crippen LogP contribution in [0.25, 0.3) is 0 Å². The summed E-state index contributed by atoms with van der Waals surface area (Å²) in [5.41, 5.74) is -0.289. The number of rotatable bonds is 2. The highest BCUT2D eigenvalue weighted by atomic mass is 19.1. The molecule has 1 saturated heterocycles. The Bertz CT molecular complexity index is 556. The monoisotopic (exact) mass is 293 g/mol. The zero-order chi connectivity index (χ0) is 16.0. The van der Waals surface area contributed by atoms with E-state index in [0.29, 0.717) is 5.46 Å². The lowest BCUT2D eigenvalue weighted by atomic mass is 9.78. The Hall–Kier alpha value is -1.40. The highest BCUT2D eigenvalue weighted by molar-refractivity contribution is 6.62. The lowest BCUT2D eigenvalue weighted by Gasteiger charge is -2.32. The van der Waals surface area contributed by atoms with Gasteiger partial charge in [-0.05, 0) is 45.3 Å². The molecule has 0 bridgehead atoms. The second-order valence-corrected chi connectivity index (χ2v) is 6.53. The van der Waals surface area contributed by atoms with Gasteiger partial charge in [0.25, 0.3) is 5.91 Å². The molecule has 0 saturated carbocycles. The molecule has 0 aromatic heterocycles. The number of amides is 1. The number of carbonyl (C=O) groups is 1. The van der Waals surface area contributed by atoms with Crippen molar-refractivity contribution in [1.82, 2.24) is 4.90 Å². The molecule has 0 radical (unpaired) electrons. The lowest BCUT2D eigenvalue weighted by molar-refractivity contribution is 0.00578. The highest BCUT2D eigenvalue weighted by Gasteiger charge is 2.51. The van der Waals surface area contributed by atoms with E-state index in [4.69, 9.17) is 9.31 Å². The first-order chi connectivity index (χ1) is 9.55. The minimum Gasteiger partial charge on any atom is -0.399 e. The summed E-state index contributed by atoms with van der Waals surface area (Å²) in [6, 6.07) is 4.36. The molecule has 0 atom stereocenters. The molecule has 1 aromatic rings. The van der Waals surface area contributed by atoms with Gasteiger partial charge in [0, 0.05) is 14.1 Å². The van der Waals surface area contributed by atoms with Crippen LogP contribution >= 0.6 is 0 Å². The quantitative estimate of drug-likeness (QED) is 0.781. The second kappa shape index (κ2) is 5.11. The van der Waals surface area contributed by atoms with Crippen LogP contribution in [0.5, 0.6) is 0 Å². The Morgan fingerprint density at radius 1 is 1.14 bits per heavy atom. The molecule has 0 spiro atoms. The number of benzene rings is 1. The minimum atomic E-state index is -0.607. The Kier molecular flexibility index (Phi) is 3.89. The number of halogens is 1. The summed E-state index contributed by atoms with van der Waals surface area (Å²) in [6.07, 6.45) is 0. The first-order valence-corrected chi connectivity index (χ1v) is 6.92. The van der Waals surface area contributed by atoms with Gasteiger partial charge in [0.2, 0.25) is 0 Å². The van der Waals surface area contributed by atoms with Crippen molar-refractivity contribution in [2.24, 2.45) is 0 Å². The molecule has 1 heterocycles. The highest BCUT2D eigenvalue weighted by Crippen LogP contribution is 2.36. The molecule has 2 rings (SSSR count). The molecule has 0 aliphatic carbocycles. The average Bonchev–Trinajstić information content (AvgIpc) is 2.58. The van der Waals surface area contributed by atoms with Gasteiger partial charge in [0.1, 0.15) is 5.82 Å². The third kappa shape index (κ3) is 2.83. The van der Waals surface area contributed by atoms with Gasteiger partial charge in [0.05, 0.1) is 16.8 Å². The molecular formula is C15H21BFNO3. The lowest BCUT2D eigenvalue weighted by Crippen LogP contribution is -2.41. The molecule has 114 valence electrons. The topological polar surface area (TPSA) is 38.8 Å². The van der Waals surface area contributed by atoms with Crippen molar-refractivity contribution in [3.8, 4) is 0 Å². The first kappa shape index (κ1) is 16.0. The van der Waals surface area contributed by atoms with Gasteiger partial charge in [-0.15, -0.1) is 0 Å². The minimum absolute atomic E-state index is 0.0206. The zero-order valence-electron chi connectivity index (χ0n) is 13.4. The normalized spacial score (nSPS) is 19.7. The van der Waals surface area contributed by atoms with Crippen LogP contribution in [0.4, 0.5) is 4.39 Å². The maximum atomic E-state index is 13.8. The van der Waals surface area contributed by atoms with Gasteiger partial charge in [-0.25, -0.2) is 4.39 Å². The van der Waals surface area contributed by atoms with Crippen molar-refractivity contribution in [2.45, 2.75) is 38.9 Å². The molecule has 1 amide bonds. The van der Waals surface area contributed by atoms with Crippen LogP contribution in [0.3, 0.4) is 0 Å². The van der Waals surface area contributed by atoms with Crippen molar-refractivity contribution in [2.75, 3.05) is 14.1 Å². The van der Waals surface area contributed by atoms with Crippen LogP contribution < -0.4 is 5.46 Å². The fourth-order valence-corrected chi connectivity index (χ4v) is 2.07. The van der Waals surface area contributed by atoms with Crippen LogP contribution in [0, 0.1) is 5.82 Å². The standard InChI is InChI=1S/C15H21BFNO3/c1-14(2)15(3,4)21-16(20-14)10-7-8-12(17)11(9-10)13(19)18(5)6/h7-9H,1-6H3. The van der Waals surface area contributed by atoms with E-state index in [0.717, 1.165) is 0 Å². The average molecular weight is 293 g/mol. The number of nitrogens with zero attached hydrogens (tertiary/aromatic N) is 1. The van der Waals surface area contributed by atoms with E-state index in [2.05, 4.69) is 0 Å². The summed E-state index contributed by atoms with van der Waals surface area (Å²) in [4.78, 5) is 13.3. The largest absolute Gasteiger partial charge is 0.494 e. The van der Waals surface area contributed by atoms with Crippen molar-refractivity contribution >= 4 is 18.5 Å². The van der Waals surface area contributed by atoms with E-state index in [1.807, 2.05) is 27.7 Å². The first-order valence-electron chi connectivity index (χ1n) is 6.92. The molecule has 6 heteroatoms. The summed E-state index contributed by atoms with van der Waals surface area (Å²) in [5, 5.41) is 0. The Balaban J connectivity index is 2.35. The van der Waals surface area contributed by atoms with E-state index in [1.165, 1.54) is 17.0 Å². The van der Waals surface area contributed by atoms with Crippen LogP contribution in [0.1, 0.15) is 38.1 Å². The third-order valence-electron chi connectivity index (χ3n) is 4.15. The number of hydrogen-bond donors (Lipinski definition) is 0. The Morgan fingerprint density at radius 2 is 1.67 bits per heavy atom. The molecule has 21 heavy (non-hydrogen) atoms. The van der Waals surface area contributed by atoms with E-state index in [9.17, 15) is 9.18 Å². The Labute approximate surface area is 125 Å². The van der Waals surface area contributed by atoms with Crippen LogP contribution in [0.2, 0.25) is 0 Å². The van der Waals surface area contributed by atoms with Crippen LogP contribution in [-0.4, -0.2) is 43.2 Å². The van der Waals surface area contributed by atoms with Crippen molar-refractivity contribution < 1.29 is 18.5 Å². The SMILES string of the molecule is CN(C)C(=O)c1cc(B2OC(C)(C)C(C)(C)O2)ccc1F. The number of hydrogen-bond acceptors (Lipinski definition) is 3. The van der Waals surface area contributed by atoms with Gasteiger partial charge in [-0.1, -0.05) is 6.07 Å². The third-order valence-corrected chi connectivity index (χ3v) is 4.15. The molecule has 1 aliphatic rings. The van der Waals surface area contributed by atoms with Gasteiger partial charge in [-0.3, -0.25) is 4.79 Å². The van der Waals surface area contributed by atoms with Crippen LogP contribution in [0.15, 0.2) is 18.2 Å². The van der Waals surface area contributed by atoms with Gasteiger partial charge in [-0.2, -0.15) is 0 Å². The predicted octanol–water partition coefficient (Wildman–Crippen LogP) is 1.83. The number of carbonyl (C=O) groups excluding carboxylic acids is 1. The van der Waals surface area contributed by atoms with E-state index in [1.54, 1.807) is 20.2 Å². The summed E-state index contributed by atoms with van der Waals surface area (Å²) in [7, 11) is 2.57. The van der Waals surface area contributed by atoms with E-state index >= 15 is 0 Å². The molecule has 1 aliphatic heterocycles. The fourth-order valence-electron chi connectivity index (χ4n) is 2.07. The van der Waals surface area contributed by atoms with E-state index in [-0.39, 0.29) is 11.5 Å². The molecule has 0 unspecified atom stereocenters. The summed E-state index contributed by atoms with van der Waals surface area (Å²) < 4.78 is 25.7. The molecule has 0 N–H and O–H groups in total. The van der Waals surface area contributed by atoms with Gasteiger partial charge in [0.15, 0.2) is 0 Å². The summed E-state index contributed by atoms with van der Waals surface area (Å²) >= 11 is 0. The van der Waals surface area contributed by atoms with Crippen molar-refractivity contribution in [1.29, 1.82) is 0 Å². The van der Waals surface area contributed by atoms with Gasteiger partial charge < -0.3 is 14.2 Å². The van der Waals surface area contributed by atoms with Gasteiger partial charge >= 0.3 is 7.12 Å². The molecule has 1 aromatic carbocycles. The maximum Gasteiger partial charge on any atom is 0.494 e. The summed E-state index contributed by atoms with van der Waals surface area (Å²) in [5.74, 6) is -0.931. The summed E-state index contributed by atoms with van der Waals surface area (Å²) in [6.45, 7) is 7.79. The van der Waals surface area contributed by atoms with E-state index < -0.39 is 24.1 Å². The smallest absolute Gasteiger partial charge is 0.399 e. The zero-order valence-corrected chi connectivity index (χ0v) is 13.4. The van der Waals surface area contributed by atoms with Crippen molar-refractivity contribution in [3.63, 3.8) is 0 Å². The predicted molar refractivity (Wildman–Crippen MR) is 80.1 cm³/mol. The molecular weight excluding hydrogens is 272 g/mol. The molecule has 1 fully saturated rings.